The van der Waals surface area contributed by atoms with Crippen LogP contribution in [0.2, 0.25) is 0 Å². The summed E-state index contributed by atoms with van der Waals surface area (Å²) in [5, 5.41) is 12.3. The second kappa shape index (κ2) is 4.27. The van der Waals surface area contributed by atoms with Crippen LogP contribution in [-0.2, 0) is 4.74 Å². The summed E-state index contributed by atoms with van der Waals surface area (Å²) in [5.41, 5.74) is 7.67. The molecule has 4 nitrogen and oxygen atoms in total. The van der Waals surface area contributed by atoms with Crippen LogP contribution in [0, 0.1) is 11.3 Å². The Morgan fingerprint density at radius 1 is 1.59 bits per heavy atom. The highest BCUT2D eigenvalue weighted by atomic mass is 16.5. The number of ether oxygens (including phenoxy) is 1. The molecule has 1 fully saturated rings. The van der Waals surface area contributed by atoms with E-state index in [9.17, 15) is 0 Å². The maximum absolute atomic E-state index is 8.82. The number of nitriles is 1. The number of nitrogens with zero attached hydrogens (tertiary/aromatic N) is 1. The lowest BCUT2D eigenvalue weighted by Crippen LogP contribution is -2.41. The molecule has 2 atom stereocenters. The van der Waals surface area contributed by atoms with Crippen LogP contribution in [0.4, 0.5) is 11.4 Å². The zero-order valence-electron chi connectivity index (χ0n) is 10.2. The van der Waals surface area contributed by atoms with E-state index in [1.165, 1.54) is 0 Å². The predicted molar refractivity (Wildman–Crippen MR) is 67.6 cm³/mol. The van der Waals surface area contributed by atoms with Gasteiger partial charge >= 0.3 is 0 Å². The van der Waals surface area contributed by atoms with E-state index in [-0.39, 0.29) is 11.6 Å². The minimum atomic E-state index is -0.0688. The molecule has 0 spiro atoms. The summed E-state index contributed by atoms with van der Waals surface area (Å²) in [6.45, 7) is 4.97. The third-order valence-corrected chi connectivity index (χ3v) is 3.49. The molecule has 3 N–H and O–H groups in total. The molecule has 1 heterocycles. The summed E-state index contributed by atoms with van der Waals surface area (Å²) in [6.07, 6.45) is 1.13. The van der Waals surface area contributed by atoms with Crippen molar-refractivity contribution in [2.24, 2.45) is 0 Å². The van der Waals surface area contributed by atoms with Crippen molar-refractivity contribution in [3.8, 4) is 6.07 Å². The number of anilines is 2. The maximum Gasteiger partial charge on any atom is 0.101 e. The van der Waals surface area contributed by atoms with Crippen LogP contribution >= 0.6 is 0 Å². The Labute approximate surface area is 101 Å². The SMILES string of the molecule is CC1OCCC1(C)Nc1ccc(C#N)c(N)c1. The second-order valence-corrected chi connectivity index (χ2v) is 4.72. The first-order valence-corrected chi connectivity index (χ1v) is 5.74. The Morgan fingerprint density at radius 2 is 2.35 bits per heavy atom. The van der Waals surface area contributed by atoms with Gasteiger partial charge in [0.05, 0.1) is 22.9 Å². The summed E-state index contributed by atoms with van der Waals surface area (Å²) in [7, 11) is 0. The first-order valence-electron chi connectivity index (χ1n) is 5.74. The van der Waals surface area contributed by atoms with Crippen LogP contribution in [0.3, 0.4) is 0 Å². The first-order chi connectivity index (χ1) is 8.05. The molecule has 1 aromatic rings. The van der Waals surface area contributed by atoms with E-state index in [1.54, 1.807) is 12.1 Å². The Balaban J connectivity index is 2.20. The molecule has 17 heavy (non-hydrogen) atoms. The number of hydrogen-bond acceptors (Lipinski definition) is 4. The number of nitrogens with one attached hydrogen (secondary N) is 1. The molecule has 1 aromatic carbocycles. The molecule has 0 bridgehead atoms. The number of benzene rings is 1. The van der Waals surface area contributed by atoms with E-state index in [1.807, 2.05) is 6.07 Å². The van der Waals surface area contributed by atoms with Gasteiger partial charge in [-0.15, -0.1) is 0 Å². The van der Waals surface area contributed by atoms with E-state index < -0.39 is 0 Å². The zero-order valence-corrected chi connectivity index (χ0v) is 10.2. The number of nitrogen functional groups attached to an aromatic ring is 1. The summed E-state index contributed by atoms with van der Waals surface area (Å²) in [6, 6.07) is 7.48. The third-order valence-electron chi connectivity index (χ3n) is 3.49. The number of hydrogen-bond donors (Lipinski definition) is 2. The van der Waals surface area contributed by atoms with Gasteiger partial charge in [0.25, 0.3) is 0 Å². The van der Waals surface area contributed by atoms with Gasteiger partial charge in [0.15, 0.2) is 0 Å². The molecule has 4 heteroatoms. The van der Waals surface area contributed by atoms with Crippen molar-refractivity contribution in [2.75, 3.05) is 17.7 Å². The topological polar surface area (TPSA) is 71.1 Å². The zero-order chi connectivity index (χ0) is 12.5. The Hall–Kier alpha value is -1.73. The van der Waals surface area contributed by atoms with Crippen molar-refractivity contribution in [3.05, 3.63) is 23.8 Å². The number of rotatable bonds is 2. The van der Waals surface area contributed by atoms with Crippen LogP contribution in [0.25, 0.3) is 0 Å². The molecule has 2 unspecified atom stereocenters. The van der Waals surface area contributed by atoms with Gasteiger partial charge in [0, 0.05) is 12.3 Å². The van der Waals surface area contributed by atoms with Gasteiger partial charge < -0.3 is 15.8 Å². The van der Waals surface area contributed by atoms with Gasteiger partial charge in [0.1, 0.15) is 6.07 Å². The van der Waals surface area contributed by atoms with Gasteiger partial charge in [-0.25, -0.2) is 0 Å². The minimum absolute atomic E-state index is 0.0688. The second-order valence-electron chi connectivity index (χ2n) is 4.72. The van der Waals surface area contributed by atoms with E-state index in [0.29, 0.717) is 11.3 Å². The first kappa shape index (κ1) is 11.7. The average molecular weight is 231 g/mol. The molecule has 0 aliphatic carbocycles. The van der Waals surface area contributed by atoms with E-state index in [2.05, 4.69) is 25.2 Å². The fourth-order valence-corrected chi connectivity index (χ4v) is 2.07. The fourth-order valence-electron chi connectivity index (χ4n) is 2.07. The van der Waals surface area contributed by atoms with Gasteiger partial charge in [-0.2, -0.15) is 5.26 Å². The summed E-state index contributed by atoms with van der Waals surface area (Å²) in [4.78, 5) is 0. The Kier molecular flexibility index (Phi) is 2.95. The smallest absolute Gasteiger partial charge is 0.101 e. The normalized spacial score (nSPS) is 27.7. The lowest BCUT2D eigenvalue weighted by atomic mass is 9.94. The van der Waals surface area contributed by atoms with Gasteiger partial charge in [-0.1, -0.05) is 0 Å². The standard InChI is InChI=1S/C13H17N3O/c1-9-13(2,5-6-17-9)16-11-4-3-10(8-14)12(15)7-11/h3-4,7,9,16H,5-6,15H2,1-2H3. The Morgan fingerprint density at radius 3 is 2.88 bits per heavy atom. The predicted octanol–water partition coefficient (Wildman–Crippen LogP) is 2.12. The number of nitrogens with two attached hydrogens (primary N) is 1. The lowest BCUT2D eigenvalue weighted by molar-refractivity contribution is 0.105. The van der Waals surface area contributed by atoms with Gasteiger partial charge in [0.2, 0.25) is 0 Å². The molecule has 2 rings (SSSR count). The van der Waals surface area contributed by atoms with Crippen LogP contribution in [0.15, 0.2) is 18.2 Å². The average Bonchev–Trinajstić information content (AvgIpc) is 2.59. The summed E-state index contributed by atoms with van der Waals surface area (Å²) < 4.78 is 5.57. The van der Waals surface area contributed by atoms with Crippen molar-refractivity contribution in [2.45, 2.75) is 31.9 Å². The Bertz CT molecular complexity index is 466. The van der Waals surface area contributed by atoms with Crippen LogP contribution < -0.4 is 11.1 Å². The van der Waals surface area contributed by atoms with E-state index >= 15 is 0 Å². The highest BCUT2D eigenvalue weighted by Gasteiger charge is 2.36. The molecular weight excluding hydrogens is 214 g/mol. The monoisotopic (exact) mass is 231 g/mol. The maximum atomic E-state index is 8.82. The molecule has 1 aliphatic heterocycles. The van der Waals surface area contributed by atoms with Crippen LogP contribution in [0.5, 0.6) is 0 Å². The van der Waals surface area contributed by atoms with Crippen molar-refractivity contribution in [1.82, 2.24) is 0 Å². The highest BCUT2D eigenvalue weighted by molar-refractivity contribution is 5.63. The molecule has 1 saturated heterocycles. The molecular formula is C13H17N3O. The van der Waals surface area contributed by atoms with Crippen molar-refractivity contribution >= 4 is 11.4 Å². The molecule has 90 valence electrons. The minimum Gasteiger partial charge on any atom is -0.398 e. The van der Waals surface area contributed by atoms with Crippen molar-refractivity contribution in [3.63, 3.8) is 0 Å². The molecule has 0 aromatic heterocycles. The van der Waals surface area contributed by atoms with Gasteiger partial charge in [-0.05, 0) is 38.5 Å². The fraction of sp³-hybridized carbons (Fsp3) is 0.462. The quantitative estimate of drug-likeness (QED) is 0.765. The molecule has 0 saturated carbocycles. The van der Waals surface area contributed by atoms with E-state index in [4.69, 9.17) is 15.7 Å². The molecule has 0 amide bonds. The van der Waals surface area contributed by atoms with Crippen LogP contribution in [-0.4, -0.2) is 18.2 Å². The summed E-state index contributed by atoms with van der Waals surface area (Å²) >= 11 is 0. The molecule has 0 radical (unpaired) electrons. The van der Waals surface area contributed by atoms with Gasteiger partial charge in [-0.3, -0.25) is 0 Å². The van der Waals surface area contributed by atoms with Crippen molar-refractivity contribution < 1.29 is 4.74 Å². The molecule has 1 aliphatic rings. The van der Waals surface area contributed by atoms with Crippen LogP contribution in [0.1, 0.15) is 25.8 Å². The highest BCUT2D eigenvalue weighted by Crippen LogP contribution is 2.30. The lowest BCUT2D eigenvalue weighted by Gasteiger charge is -2.30. The van der Waals surface area contributed by atoms with E-state index in [0.717, 1.165) is 18.7 Å². The van der Waals surface area contributed by atoms with Crippen molar-refractivity contribution in [1.29, 1.82) is 5.26 Å². The largest absolute Gasteiger partial charge is 0.398 e. The third kappa shape index (κ3) is 2.20. The summed E-state index contributed by atoms with van der Waals surface area (Å²) in [5.74, 6) is 0.